The summed E-state index contributed by atoms with van der Waals surface area (Å²) in [4.78, 5) is 39.1. The zero-order valence-corrected chi connectivity index (χ0v) is 20.9. The second kappa shape index (κ2) is 10.6. The number of amides is 3. The molecule has 0 bridgehead atoms. The van der Waals surface area contributed by atoms with Crippen molar-refractivity contribution in [1.82, 2.24) is 4.90 Å². The topological polar surface area (TPSA) is 94.2 Å². The average molecular weight is 521 g/mol. The number of nitrogens with zero attached hydrogens (tertiary/aromatic N) is 1. The number of nitrogens with one attached hydrogen (secondary N) is 1. The van der Waals surface area contributed by atoms with E-state index in [1.165, 1.54) is 4.90 Å². The number of fused-ring (bicyclic) bond motifs is 1. The van der Waals surface area contributed by atoms with Crippen molar-refractivity contribution in [3.05, 3.63) is 82.4 Å². The van der Waals surface area contributed by atoms with E-state index in [2.05, 4.69) is 5.32 Å². The number of benzene rings is 3. The number of halogens is 1. The molecule has 3 aromatic rings. The summed E-state index contributed by atoms with van der Waals surface area (Å²) >= 11 is 5.94. The van der Waals surface area contributed by atoms with Gasteiger partial charge in [0.05, 0.1) is 23.8 Å². The molecule has 8 nitrogen and oxygen atoms in total. The minimum absolute atomic E-state index is 0.106. The highest BCUT2D eigenvalue weighted by atomic mass is 35.5. The maximum atomic E-state index is 12.9. The lowest BCUT2D eigenvalue weighted by Crippen LogP contribution is -2.36. The van der Waals surface area contributed by atoms with Crippen molar-refractivity contribution in [2.45, 2.75) is 25.9 Å². The predicted octanol–water partition coefficient (Wildman–Crippen LogP) is 5.23. The highest BCUT2D eigenvalue weighted by molar-refractivity contribution is 6.30. The van der Waals surface area contributed by atoms with Crippen LogP contribution in [0.5, 0.6) is 17.2 Å². The molecule has 190 valence electrons. The number of ether oxygens (including phenoxy) is 3. The Morgan fingerprint density at radius 3 is 2.51 bits per heavy atom. The van der Waals surface area contributed by atoms with Crippen LogP contribution in [0.3, 0.4) is 0 Å². The lowest BCUT2D eigenvalue weighted by Gasteiger charge is -2.17. The summed E-state index contributed by atoms with van der Waals surface area (Å²) in [7, 11) is 0. The lowest BCUT2D eigenvalue weighted by atomic mass is 10.1. The second-order valence-electron chi connectivity index (χ2n) is 8.94. The first kappa shape index (κ1) is 24.8. The van der Waals surface area contributed by atoms with Crippen molar-refractivity contribution in [2.75, 3.05) is 25.1 Å². The highest BCUT2D eigenvalue weighted by Gasteiger charge is 2.37. The number of anilines is 1. The number of hydrogen-bond donors (Lipinski definition) is 1. The third-order valence-electron chi connectivity index (χ3n) is 6.22. The van der Waals surface area contributed by atoms with E-state index in [0.717, 1.165) is 18.4 Å². The largest absolute Gasteiger partial charge is 0.483 e. The zero-order valence-electron chi connectivity index (χ0n) is 20.2. The Labute approximate surface area is 219 Å². The number of imide groups is 1. The van der Waals surface area contributed by atoms with Crippen LogP contribution in [-0.2, 0) is 9.53 Å². The first-order valence-corrected chi connectivity index (χ1v) is 12.3. The highest BCUT2D eigenvalue weighted by Crippen LogP contribution is 2.31. The quantitative estimate of drug-likeness (QED) is 0.409. The van der Waals surface area contributed by atoms with Gasteiger partial charge in [-0.05, 0) is 86.0 Å². The number of rotatable bonds is 8. The van der Waals surface area contributed by atoms with Crippen molar-refractivity contribution in [2.24, 2.45) is 0 Å². The van der Waals surface area contributed by atoms with Crippen molar-refractivity contribution >= 4 is 35.0 Å². The molecule has 1 unspecified atom stereocenters. The number of aryl methyl sites for hydroxylation is 1. The van der Waals surface area contributed by atoms with E-state index >= 15 is 0 Å². The monoisotopic (exact) mass is 520 g/mol. The van der Waals surface area contributed by atoms with Gasteiger partial charge in [-0.3, -0.25) is 19.3 Å². The van der Waals surface area contributed by atoms with E-state index in [4.69, 9.17) is 25.8 Å². The molecule has 9 heteroatoms. The van der Waals surface area contributed by atoms with Crippen molar-refractivity contribution in [1.29, 1.82) is 0 Å². The zero-order chi connectivity index (χ0) is 25.9. The normalized spacial score (nSPS) is 16.6. The van der Waals surface area contributed by atoms with Crippen molar-refractivity contribution in [3.8, 4) is 17.2 Å². The number of carbonyl (C=O) groups is 3. The SMILES string of the molecule is Cc1cc(Cl)ccc1OCC(=O)Nc1ccc(Oc2ccc3c(c2)C(=O)N(CC2CCCO2)C3=O)cc1. The molecule has 37 heavy (non-hydrogen) atoms. The fraction of sp³-hybridized carbons (Fsp3) is 0.250. The third-order valence-corrected chi connectivity index (χ3v) is 6.46. The fourth-order valence-corrected chi connectivity index (χ4v) is 4.58. The van der Waals surface area contributed by atoms with Crippen LogP contribution in [0, 0.1) is 6.92 Å². The Morgan fingerprint density at radius 2 is 1.78 bits per heavy atom. The van der Waals surface area contributed by atoms with E-state index in [1.807, 2.05) is 6.92 Å². The molecule has 2 heterocycles. The molecule has 3 aromatic carbocycles. The molecule has 0 saturated carbocycles. The summed E-state index contributed by atoms with van der Waals surface area (Å²) in [5, 5.41) is 3.37. The Hall–Kier alpha value is -3.88. The van der Waals surface area contributed by atoms with Crippen LogP contribution in [0.1, 0.15) is 39.1 Å². The molecule has 0 spiro atoms. The van der Waals surface area contributed by atoms with Gasteiger partial charge in [0.2, 0.25) is 0 Å². The van der Waals surface area contributed by atoms with Crippen LogP contribution in [0.25, 0.3) is 0 Å². The maximum absolute atomic E-state index is 12.9. The third kappa shape index (κ3) is 5.60. The molecule has 0 aliphatic carbocycles. The van der Waals surface area contributed by atoms with Gasteiger partial charge >= 0.3 is 0 Å². The van der Waals surface area contributed by atoms with Gasteiger partial charge in [-0.1, -0.05) is 11.6 Å². The summed E-state index contributed by atoms with van der Waals surface area (Å²) in [6.07, 6.45) is 1.67. The molecule has 3 amide bonds. The van der Waals surface area contributed by atoms with E-state index in [9.17, 15) is 14.4 Å². The summed E-state index contributed by atoms with van der Waals surface area (Å²) in [6, 6.07) is 16.8. The molecule has 0 aromatic heterocycles. The second-order valence-corrected chi connectivity index (χ2v) is 9.37. The maximum Gasteiger partial charge on any atom is 0.262 e. The van der Waals surface area contributed by atoms with Gasteiger partial charge in [0.15, 0.2) is 6.61 Å². The van der Waals surface area contributed by atoms with Gasteiger partial charge in [-0.15, -0.1) is 0 Å². The van der Waals surface area contributed by atoms with Gasteiger partial charge in [0, 0.05) is 17.3 Å². The summed E-state index contributed by atoms with van der Waals surface area (Å²) < 4.78 is 17.0. The van der Waals surface area contributed by atoms with Crippen LogP contribution in [-0.4, -0.2) is 48.5 Å². The standard InChI is InChI=1S/C28H25ClN2O6/c1-17-13-18(29)4-11-25(17)36-16-26(32)30-19-5-7-20(8-6-19)37-21-9-10-23-24(14-21)28(34)31(27(23)33)15-22-3-2-12-35-22/h4-11,13-14,22H,2-3,12,15-16H2,1H3,(H,30,32). The molecule has 1 fully saturated rings. The summed E-state index contributed by atoms with van der Waals surface area (Å²) in [5.74, 6) is 0.582. The molecule has 0 radical (unpaired) electrons. The lowest BCUT2D eigenvalue weighted by molar-refractivity contribution is -0.118. The molecule has 1 N–H and O–H groups in total. The first-order chi connectivity index (χ1) is 17.9. The summed E-state index contributed by atoms with van der Waals surface area (Å²) in [6.45, 7) is 2.63. The van der Waals surface area contributed by atoms with Crippen molar-refractivity contribution in [3.63, 3.8) is 0 Å². The smallest absolute Gasteiger partial charge is 0.262 e. The van der Waals surface area contributed by atoms with Crippen LogP contribution in [0.15, 0.2) is 60.7 Å². The average Bonchev–Trinajstić information content (AvgIpc) is 3.48. The van der Waals surface area contributed by atoms with Gasteiger partial charge in [0.25, 0.3) is 17.7 Å². The Kier molecular flexibility index (Phi) is 7.12. The van der Waals surface area contributed by atoms with Crippen molar-refractivity contribution < 1.29 is 28.6 Å². The minimum atomic E-state index is -0.338. The minimum Gasteiger partial charge on any atom is -0.483 e. The van der Waals surface area contributed by atoms with Crippen LogP contribution >= 0.6 is 11.6 Å². The number of hydrogen-bond acceptors (Lipinski definition) is 6. The molecule has 2 aliphatic rings. The molecule has 5 rings (SSSR count). The van der Waals surface area contributed by atoms with E-state index in [0.29, 0.717) is 45.7 Å². The van der Waals surface area contributed by atoms with Gasteiger partial charge in [0.1, 0.15) is 17.2 Å². The Bertz CT molecular complexity index is 1350. The van der Waals surface area contributed by atoms with Crippen LogP contribution < -0.4 is 14.8 Å². The predicted molar refractivity (Wildman–Crippen MR) is 138 cm³/mol. The van der Waals surface area contributed by atoms with Crippen LogP contribution in [0.2, 0.25) is 5.02 Å². The van der Waals surface area contributed by atoms with Crippen LogP contribution in [0.4, 0.5) is 5.69 Å². The fourth-order valence-electron chi connectivity index (χ4n) is 4.35. The Balaban J connectivity index is 1.17. The van der Waals surface area contributed by atoms with E-state index in [1.54, 1.807) is 60.7 Å². The molecule has 2 aliphatic heterocycles. The van der Waals surface area contributed by atoms with E-state index < -0.39 is 0 Å². The molecular formula is C28H25ClN2O6. The van der Waals surface area contributed by atoms with Gasteiger partial charge in [-0.2, -0.15) is 0 Å². The molecule has 1 saturated heterocycles. The van der Waals surface area contributed by atoms with Gasteiger partial charge in [-0.25, -0.2) is 0 Å². The molecule has 1 atom stereocenters. The van der Waals surface area contributed by atoms with Gasteiger partial charge < -0.3 is 19.5 Å². The molecular weight excluding hydrogens is 496 g/mol. The first-order valence-electron chi connectivity index (χ1n) is 12.0. The number of carbonyl (C=O) groups excluding carboxylic acids is 3. The Morgan fingerprint density at radius 1 is 1.03 bits per heavy atom. The van der Waals surface area contributed by atoms with E-state index in [-0.39, 0.29) is 37.0 Å². The summed E-state index contributed by atoms with van der Waals surface area (Å²) in [5.41, 5.74) is 2.10.